The van der Waals surface area contributed by atoms with Gasteiger partial charge in [-0.25, -0.2) is 0 Å². The van der Waals surface area contributed by atoms with Gasteiger partial charge in [0.25, 0.3) is 5.69 Å². The Hall–Kier alpha value is -2.11. The molecular weight excluding hydrogens is 248 g/mol. The first-order valence-corrected chi connectivity index (χ1v) is 6.21. The fourth-order valence-electron chi connectivity index (χ4n) is 2.42. The zero-order chi connectivity index (χ0) is 14.0. The van der Waals surface area contributed by atoms with Crippen molar-refractivity contribution in [2.75, 3.05) is 18.0 Å². The Balaban J connectivity index is 2.15. The number of nitrogens with zero attached hydrogens (tertiary/aromatic N) is 2. The van der Waals surface area contributed by atoms with Crippen molar-refractivity contribution in [1.29, 1.82) is 0 Å². The number of aryl methyl sites for hydroxylation is 1. The van der Waals surface area contributed by atoms with Crippen LogP contribution in [0.25, 0.3) is 0 Å². The van der Waals surface area contributed by atoms with Crippen LogP contribution in [0.4, 0.5) is 11.4 Å². The minimum absolute atomic E-state index is 0.0790. The number of hydrogen-bond acceptors (Lipinski definition) is 4. The first kappa shape index (κ1) is 13.3. The molecule has 1 aromatic rings. The van der Waals surface area contributed by atoms with Crippen molar-refractivity contribution in [3.05, 3.63) is 33.9 Å². The first-order valence-electron chi connectivity index (χ1n) is 6.21. The van der Waals surface area contributed by atoms with Crippen LogP contribution in [0.3, 0.4) is 0 Å². The minimum atomic E-state index is -0.755. The highest BCUT2D eigenvalue weighted by Crippen LogP contribution is 2.27. The molecule has 0 unspecified atom stereocenters. The quantitative estimate of drug-likeness (QED) is 0.668. The fourth-order valence-corrected chi connectivity index (χ4v) is 2.42. The van der Waals surface area contributed by atoms with Gasteiger partial charge >= 0.3 is 5.97 Å². The normalized spacial score (nSPS) is 16.4. The molecule has 0 radical (unpaired) electrons. The molecule has 1 heterocycles. The van der Waals surface area contributed by atoms with Crippen LogP contribution in [-0.4, -0.2) is 29.1 Å². The molecule has 1 aliphatic rings. The largest absolute Gasteiger partial charge is 0.481 e. The number of carbonyl (C=O) groups is 1. The average molecular weight is 264 g/mol. The molecule has 0 atom stereocenters. The summed E-state index contributed by atoms with van der Waals surface area (Å²) in [6.45, 7) is 3.07. The van der Waals surface area contributed by atoms with Crippen molar-refractivity contribution in [2.24, 2.45) is 5.92 Å². The molecule has 0 spiro atoms. The molecule has 1 N–H and O–H groups in total. The molecule has 0 aliphatic carbocycles. The summed E-state index contributed by atoms with van der Waals surface area (Å²) in [7, 11) is 0. The van der Waals surface area contributed by atoms with E-state index in [4.69, 9.17) is 5.11 Å². The maximum atomic E-state index is 10.9. The molecule has 0 bridgehead atoms. The minimum Gasteiger partial charge on any atom is -0.481 e. The highest BCUT2D eigenvalue weighted by molar-refractivity contribution is 5.70. The van der Waals surface area contributed by atoms with Gasteiger partial charge in [-0.3, -0.25) is 14.9 Å². The Morgan fingerprint density at radius 1 is 1.37 bits per heavy atom. The van der Waals surface area contributed by atoms with E-state index in [0.29, 0.717) is 25.9 Å². The number of benzene rings is 1. The van der Waals surface area contributed by atoms with E-state index in [9.17, 15) is 14.9 Å². The molecule has 0 saturated carbocycles. The van der Waals surface area contributed by atoms with Crippen LogP contribution in [0.15, 0.2) is 18.2 Å². The predicted octanol–water partition coefficient (Wildman–Crippen LogP) is 2.20. The van der Waals surface area contributed by atoms with Crippen LogP contribution in [0, 0.1) is 23.0 Å². The van der Waals surface area contributed by atoms with Crippen LogP contribution in [-0.2, 0) is 4.79 Å². The maximum absolute atomic E-state index is 10.9. The van der Waals surface area contributed by atoms with Crippen LogP contribution < -0.4 is 4.90 Å². The number of rotatable bonds is 3. The second-order valence-corrected chi connectivity index (χ2v) is 4.88. The second kappa shape index (κ2) is 5.26. The zero-order valence-electron chi connectivity index (χ0n) is 10.7. The van der Waals surface area contributed by atoms with Gasteiger partial charge in [0, 0.05) is 30.9 Å². The van der Waals surface area contributed by atoms with Crippen molar-refractivity contribution < 1.29 is 14.8 Å². The van der Waals surface area contributed by atoms with Crippen molar-refractivity contribution >= 4 is 17.3 Å². The number of carboxylic acids is 1. The Labute approximate surface area is 110 Å². The monoisotopic (exact) mass is 264 g/mol. The topological polar surface area (TPSA) is 83.7 Å². The van der Waals surface area contributed by atoms with Gasteiger partial charge in [-0.2, -0.15) is 0 Å². The van der Waals surface area contributed by atoms with Gasteiger partial charge in [-0.15, -0.1) is 0 Å². The smallest absolute Gasteiger partial charge is 0.306 e. The maximum Gasteiger partial charge on any atom is 0.306 e. The van der Waals surface area contributed by atoms with Crippen LogP contribution in [0.2, 0.25) is 0 Å². The van der Waals surface area contributed by atoms with Gasteiger partial charge in [0.2, 0.25) is 0 Å². The van der Waals surface area contributed by atoms with Gasteiger partial charge < -0.3 is 10.0 Å². The van der Waals surface area contributed by atoms with E-state index >= 15 is 0 Å². The number of non-ortho nitro benzene ring substituents is 1. The number of aliphatic carboxylic acids is 1. The number of piperidine rings is 1. The predicted molar refractivity (Wildman–Crippen MR) is 70.4 cm³/mol. The van der Waals surface area contributed by atoms with E-state index in [1.165, 1.54) is 6.07 Å². The average Bonchev–Trinajstić information content (AvgIpc) is 2.38. The number of anilines is 1. The van der Waals surface area contributed by atoms with Crippen LogP contribution in [0.1, 0.15) is 18.4 Å². The standard InChI is InChI=1S/C13H16N2O4/c1-9-6-11(8-12(7-9)15(18)19)14-4-2-10(3-5-14)13(16)17/h6-8,10H,2-5H2,1H3,(H,16,17). The third-order valence-electron chi connectivity index (χ3n) is 3.47. The summed E-state index contributed by atoms with van der Waals surface area (Å²) in [4.78, 5) is 23.3. The lowest BCUT2D eigenvalue weighted by Crippen LogP contribution is -2.36. The molecule has 0 amide bonds. The summed E-state index contributed by atoms with van der Waals surface area (Å²) in [5.41, 5.74) is 1.72. The Morgan fingerprint density at radius 2 is 2.00 bits per heavy atom. The molecule has 6 nitrogen and oxygen atoms in total. The van der Waals surface area contributed by atoms with E-state index in [0.717, 1.165) is 11.3 Å². The SMILES string of the molecule is Cc1cc(N2CCC(C(=O)O)CC2)cc([N+](=O)[O-])c1. The molecular formula is C13H16N2O4. The lowest BCUT2D eigenvalue weighted by Gasteiger charge is -2.32. The van der Waals surface area contributed by atoms with Gasteiger partial charge in [-0.1, -0.05) is 0 Å². The van der Waals surface area contributed by atoms with E-state index in [1.54, 1.807) is 6.07 Å². The highest BCUT2D eigenvalue weighted by atomic mass is 16.6. The van der Waals surface area contributed by atoms with Crippen molar-refractivity contribution in [2.45, 2.75) is 19.8 Å². The Bertz CT molecular complexity index is 507. The summed E-state index contributed by atoms with van der Waals surface area (Å²) in [5, 5.41) is 19.8. The van der Waals surface area contributed by atoms with Gasteiger partial charge in [0.1, 0.15) is 0 Å². The molecule has 1 saturated heterocycles. The number of hydrogen-bond donors (Lipinski definition) is 1. The third kappa shape index (κ3) is 3.01. The molecule has 1 aliphatic heterocycles. The van der Waals surface area contributed by atoms with Crippen LogP contribution >= 0.6 is 0 Å². The Morgan fingerprint density at radius 3 is 2.53 bits per heavy atom. The number of nitro benzene ring substituents is 1. The third-order valence-corrected chi connectivity index (χ3v) is 3.47. The zero-order valence-corrected chi connectivity index (χ0v) is 10.7. The number of nitro groups is 1. The highest BCUT2D eigenvalue weighted by Gasteiger charge is 2.25. The van der Waals surface area contributed by atoms with Gasteiger partial charge in [0.15, 0.2) is 0 Å². The van der Waals surface area contributed by atoms with E-state index in [-0.39, 0.29) is 11.6 Å². The van der Waals surface area contributed by atoms with E-state index in [2.05, 4.69) is 0 Å². The lowest BCUT2D eigenvalue weighted by molar-refractivity contribution is -0.384. The van der Waals surface area contributed by atoms with Crippen molar-refractivity contribution in [1.82, 2.24) is 0 Å². The molecule has 1 fully saturated rings. The second-order valence-electron chi connectivity index (χ2n) is 4.88. The molecule has 2 rings (SSSR count). The van der Waals surface area contributed by atoms with Gasteiger partial charge in [0.05, 0.1) is 10.8 Å². The summed E-state index contributed by atoms with van der Waals surface area (Å²) < 4.78 is 0. The van der Waals surface area contributed by atoms with Crippen molar-refractivity contribution in [3.63, 3.8) is 0 Å². The molecule has 0 aromatic heterocycles. The number of carboxylic acid groups (broad SMARTS) is 1. The molecule has 19 heavy (non-hydrogen) atoms. The fraction of sp³-hybridized carbons (Fsp3) is 0.462. The summed E-state index contributed by atoms with van der Waals surface area (Å²) in [6, 6.07) is 4.98. The summed E-state index contributed by atoms with van der Waals surface area (Å²) in [6.07, 6.45) is 1.16. The van der Waals surface area contributed by atoms with E-state index in [1.807, 2.05) is 17.9 Å². The molecule has 6 heteroatoms. The summed E-state index contributed by atoms with van der Waals surface area (Å²) in [5.74, 6) is -1.05. The lowest BCUT2D eigenvalue weighted by atomic mass is 9.96. The molecule has 1 aromatic carbocycles. The van der Waals surface area contributed by atoms with E-state index < -0.39 is 10.9 Å². The summed E-state index contributed by atoms with van der Waals surface area (Å²) >= 11 is 0. The Kier molecular flexibility index (Phi) is 3.69. The van der Waals surface area contributed by atoms with Gasteiger partial charge in [-0.05, 0) is 31.4 Å². The first-order chi connectivity index (χ1) is 8.97. The van der Waals surface area contributed by atoms with Crippen molar-refractivity contribution in [3.8, 4) is 0 Å². The van der Waals surface area contributed by atoms with Crippen LogP contribution in [0.5, 0.6) is 0 Å². The molecule has 102 valence electrons.